The van der Waals surface area contributed by atoms with E-state index in [4.69, 9.17) is 4.74 Å². The third-order valence-electron chi connectivity index (χ3n) is 4.74. The van der Waals surface area contributed by atoms with Gasteiger partial charge < -0.3 is 10.1 Å². The maximum atomic E-state index is 5.58. The van der Waals surface area contributed by atoms with Crippen molar-refractivity contribution in [2.75, 3.05) is 19.7 Å². The Hall–Kier alpha value is -1.02. The smallest absolute Gasteiger partial charge is 0.122 e. The fraction of sp³-hybridized carbons (Fsp3) is 0.625. The highest BCUT2D eigenvalue weighted by molar-refractivity contribution is 5.44. The second-order valence-corrected chi connectivity index (χ2v) is 6.18. The predicted molar refractivity (Wildman–Crippen MR) is 74.2 cm³/mol. The van der Waals surface area contributed by atoms with Gasteiger partial charge in [-0.3, -0.25) is 0 Å². The molecule has 2 nitrogen and oxygen atoms in total. The van der Waals surface area contributed by atoms with E-state index >= 15 is 0 Å². The van der Waals surface area contributed by atoms with Gasteiger partial charge in [0.1, 0.15) is 5.75 Å². The molecule has 0 radical (unpaired) electrons. The van der Waals surface area contributed by atoms with Crippen LogP contribution >= 0.6 is 0 Å². The van der Waals surface area contributed by atoms with Crippen LogP contribution in [0.25, 0.3) is 0 Å². The molecule has 1 saturated carbocycles. The zero-order chi connectivity index (χ0) is 12.8. The van der Waals surface area contributed by atoms with Crippen LogP contribution in [0, 0.1) is 11.3 Å². The van der Waals surface area contributed by atoms with Crippen molar-refractivity contribution in [2.24, 2.45) is 11.3 Å². The van der Waals surface area contributed by atoms with Gasteiger partial charge in [0.15, 0.2) is 0 Å². The molecule has 2 atom stereocenters. The van der Waals surface area contributed by atoms with Crippen LogP contribution in [0.4, 0.5) is 0 Å². The number of ether oxygens (including phenoxy) is 1. The lowest BCUT2D eigenvalue weighted by Gasteiger charge is -2.05. The number of fused-ring (bicyclic) bond motifs is 1. The van der Waals surface area contributed by atoms with E-state index in [0.29, 0.717) is 11.3 Å². The molecule has 1 fully saturated rings. The number of nitrogens with one attached hydrogen (secondary N) is 1. The minimum Gasteiger partial charge on any atom is -0.493 e. The monoisotopic (exact) mass is 245 g/mol. The normalized spacial score (nSPS) is 27.7. The van der Waals surface area contributed by atoms with Crippen molar-refractivity contribution in [1.29, 1.82) is 0 Å². The molecule has 0 bridgehead atoms. The summed E-state index contributed by atoms with van der Waals surface area (Å²) in [6.07, 6.45) is 1.08. The lowest BCUT2D eigenvalue weighted by Crippen LogP contribution is -2.17. The van der Waals surface area contributed by atoms with E-state index in [-0.39, 0.29) is 0 Å². The molecule has 2 unspecified atom stereocenters. The molecule has 0 aromatic heterocycles. The summed E-state index contributed by atoms with van der Waals surface area (Å²) < 4.78 is 5.58. The SMILES string of the molecule is CCNCC1C(c2ccc3c(c2)CCO3)C1(C)C. The van der Waals surface area contributed by atoms with Gasteiger partial charge in [0.05, 0.1) is 6.61 Å². The minimum absolute atomic E-state index is 0.440. The van der Waals surface area contributed by atoms with Crippen molar-refractivity contribution in [3.8, 4) is 5.75 Å². The van der Waals surface area contributed by atoms with Gasteiger partial charge in [0, 0.05) is 6.42 Å². The average molecular weight is 245 g/mol. The molecular weight excluding hydrogens is 222 g/mol. The van der Waals surface area contributed by atoms with Crippen LogP contribution < -0.4 is 10.1 Å². The summed E-state index contributed by atoms with van der Waals surface area (Å²) in [6, 6.07) is 6.81. The minimum atomic E-state index is 0.440. The molecule has 1 aromatic carbocycles. The Kier molecular flexibility index (Phi) is 2.86. The van der Waals surface area contributed by atoms with Gasteiger partial charge in [0.25, 0.3) is 0 Å². The van der Waals surface area contributed by atoms with Gasteiger partial charge in [0.2, 0.25) is 0 Å². The Bertz CT molecular complexity index is 452. The molecule has 3 rings (SSSR count). The fourth-order valence-electron chi connectivity index (χ4n) is 3.49. The zero-order valence-corrected chi connectivity index (χ0v) is 11.6. The highest BCUT2D eigenvalue weighted by atomic mass is 16.5. The largest absolute Gasteiger partial charge is 0.493 e. The van der Waals surface area contributed by atoms with Gasteiger partial charge in [-0.2, -0.15) is 0 Å². The van der Waals surface area contributed by atoms with Gasteiger partial charge >= 0.3 is 0 Å². The first-order chi connectivity index (χ1) is 8.64. The van der Waals surface area contributed by atoms with Gasteiger partial charge in [-0.05, 0) is 47.5 Å². The summed E-state index contributed by atoms with van der Waals surface area (Å²) in [5, 5.41) is 3.49. The highest BCUT2D eigenvalue weighted by Gasteiger charge is 2.57. The lowest BCUT2D eigenvalue weighted by atomic mass is 10.0. The molecule has 1 heterocycles. The summed E-state index contributed by atoms with van der Waals surface area (Å²) in [7, 11) is 0. The molecule has 1 aromatic rings. The zero-order valence-electron chi connectivity index (χ0n) is 11.6. The van der Waals surface area contributed by atoms with Crippen LogP contribution in [0.5, 0.6) is 5.75 Å². The second kappa shape index (κ2) is 4.27. The molecule has 1 aliphatic heterocycles. The first-order valence-corrected chi connectivity index (χ1v) is 7.11. The first kappa shape index (κ1) is 12.0. The molecule has 2 heteroatoms. The Morgan fingerprint density at radius 1 is 1.39 bits per heavy atom. The van der Waals surface area contributed by atoms with Crippen molar-refractivity contribution in [1.82, 2.24) is 5.32 Å². The predicted octanol–water partition coefficient (Wildman–Crippen LogP) is 2.97. The van der Waals surface area contributed by atoms with Gasteiger partial charge in [-0.15, -0.1) is 0 Å². The molecule has 0 saturated heterocycles. The molecule has 0 amide bonds. The molecule has 1 N–H and O–H groups in total. The number of benzene rings is 1. The van der Waals surface area contributed by atoms with Crippen LogP contribution in [0.1, 0.15) is 37.8 Å². The standard InChI is InChI=1S/C16H23NO/c1-4-17-10-13-15(16(13,2)3)12-5-6-14-11(9-12)7-8-18-14/h5-6,9,13,15,17H,4,7-8,10H2,1-3H3. The van der Waals surface area contributed by atoms with Gasteiger partial charge in [-0.25, -0.2) is 0 Å². The fourth-order valence-corrected chi connectivity index (χ4v) is 3.49. The van der Waals surface area contributed by atoms with Crippen LogP contribution in [0.15, 0.2) is 18.2 Å². The lowest BCUT2D eigenvalue weighted by molar-refractivity contribution is 0.357. The van der Waals surface area contributed by atoms with Gasteiger partial charge in [-0.1, -0.05) is 32.9 Å². The van der Waals surface area contributed by atoms with E-state index in [9.17, 15) is 0 Å². The molecule has 98 valence electrons. The third kappa shape index (κ3) is 1.83. The maximum Gasteiger partial charge on any atom is 0.122 e. The van der Waals surface area contributed by atoms with Crippen molar-refractivity contribution >= 4 is 0 Å². The van der Waals surface area contributed by atoms with Crippen molar-refractivity contribution < 1.29 is 4.74 Å². The summed E-state index contributed by atoms with van der Waals surface area (Å²) in [6.45, 7) is 10.0. The van der Waals surface area contributed by atoms with Crippen LogP contribution in [-0.2, 0) is 6.42 Å². The Morgan fingerprint density at radius 2 is 2.22 bits per heavy atom. The van der Waals surface area contributed by atoms with E-state index in [1.54, 1.807) is 0 Å². The maximum absolute atomic E-state index is 5.58. The molecular formula is C16H23NO. The highest BCUT2D eigenvalue weighted by Crippen LogP contribution is 2.64. The van der Waals surface area contributed by atoms with Crippen LogP contribution in [-0.4, -0.2) is 19.7 Å². The number of rotatable bonds is 4. The van der Waals surface area contributed by atoms with Crippen molar-refractivity contribution in [3.05, 3.63) is 29.3 Å². The summed E-state index contributed by atoms with van der Waals surface area (Å²) in [5.41, 5.74) is 3.35. The quantitative estimate of drug-likeness (QED) is 0.880. The van der Waals surface area contributed by atoms with E-state index in [2.05, 4.69) is 44.3 Å². The first-order valence-electron chi connectivity index (χ1n) is 7.11. The summed E-state index contributed by atoms with van der Waals surface area (Å²) in [5.74, 6) is 2.58. The van der Waals surface area contributed by atoms with Crippen LogP contribution in [0.3, 0.4) is 0 Å². The van der Waals surface area contributed by atoms with E-state index in [0.717, 1.165) is 37.8 Å². The molecule has 2 aliphatic rings. The van der Waals surface area contributed by atoms with E-state index in [1.165, 1.54) is 11.1 Å². The summed E-state index contributed by atoms with van der Waals surface area (Å²) in [4.78, 5) is 0. The van der Waals surface area contributed by atoms with Crippen molar-refractivity contribution in [2.45, 2.75) is 33.1 Å². The molecule has 1 aliphatic carbocycles. The van der Waals surface area contributed by atoms with Crippen LogP contribution in [0.2, 0.25) is 0 Å². The Morgan fingerprint density at radius 3 is 3.00 bits per heavy atom. The molecule has 18 heavy (non-hydrogen) atoms. The van der Waals surface area contributed by atoms with E-state index < -0.39 is 0 Å². The number of hydrogen-bond donors (Lipinski definition) is 1. The van der Waals surface area contributed by atoms with E-state index in [1.807, 2.05) is 0 Å². The summed E-state index contributed by atoms with van der Waals surface area (Å²) >= 11 is 0. The Balaban J connectivity index is 1.79. The number of hydrogen-bond acceptors (Lipinski definition) is 2. The molecule has 0 spiro atoms. The Labute approximate surface area is 110 Å². The third-order valence-corrected chi connectivity index (χ3v) is 4.74. The van der Waals surface area contributed by atoms with Crippen molar-refractivity contribution in [3.63, 3.8) is 0 Å². The topological polar surface area (TPSA) is 21.3 Å². The average Bonchev–Trinajstić information content (AvgIpc) is 2.74. The second-order valence-electron chi connectivity index (χ2n) is 6.18.